The van der Waals surface area contributed by atoms with E-state index in [4.69, 9.17) is 0 Å². The molecule has 0 spiro atoms. The zero-order valence-electron chi connectivity index (χ0n) is 11.7. The molecule has 106 valence electrons. The van der Waals surface area contributed by atoms with E-state index < -0.39 is 5.54 Å². The molecule has 2 aromatic heterocycles. The summed E-state index contributed by atoms with van der Waals surface area (Å²) in [6, 6.07) is 2.35. The lowest BCUT2D eigenvalue weighted by Gasteiger charge is -2.22. The molecule has 1 atom stereocenters. The van der Waals surface area contributed by atoms with E-state index in [1.807, 2.05) is 6.92 Å². The number of fused-ring (bicyclic) bond motifs is 1. The maximum atomic E-state index is 9.28. The average molecular weight is 290 g/mol. The van der Waals surface area contributed by atoms with Gasteiger partial charge in [-0.05, 0) is 26.3 Å². The van der Waals surface area contributed by atoms with Crippen molar-refractivity contribution in [2.24, 2.45) is 0 Å². The monoisotopic (exact) mass is 290 g/mol. The normalized spacial score (nSPS) is 14.1. The zero-order chi connectivity index (χ0) is 14.4. The number of aromatic nitrogens is 4. The third-order valence-corrected chi connectivity index (χ3v) is 4.03. The van der Waals surface area contributed by atoms with Crippen molar-refractivity contribution in [1.82, 2.24) is 25.3 Å². The fraction of sp³-hybridized carbons (Fsp3) is 0.538. The van der Waals surface area contributed by atoms with Crippen molar-refractivity contribution >= 4 is 22.9 Å². The molecule has 2 N–H and O–H groups in total. The lowest BCUT2D eigenvalue weighted by Crippen LogP contribution is -2.41. The summed E-state index contributed by atoms with van der Waals surface area (Å²) in [6.07, 6.45) is 4.91. The van der Waals surface area contributed by atoms with Gasteiger partial charge in [-0.15, -0.1) is 11.8 Å². The number of rotatable bonds is 7. The molecule has 0 aliphatic carbocycles. The molecule has 0 fully saturated rings. The van der Waals surface area contributed by atoms with Gasteiger partial charge in [0.15, 0.2) is 5.65 Å². The maximum Gasteiger partial charge on any atom is 0.181 e. The lowest BCUT2D eigenvalue weighted by molar-refractivity contribution is 0.437. The number of H-pyrrole nitrogens is 1. The first-order valence-electron chi connectivity index (χ1n) is 6.61. The Morgan fingerprint density at radius 2 is 2.30 bits per heavy atom. The van der Waals surface area contributed by atoms with Gasteiger partial charge < -0.3 is 4.98 Å². The van der Waals surface area contributed by atoms with Crippen molar-refractivity contribution in [3.63, 3.8) is 0 Å². The molecule has 6 nitrogen and oxygen atoms in total. The zero-order valence-corrected chi connectivity index (χ0v) is 12.5. The highest BCUT2D eigenvalue weighted by Crippen LogP contribution is 2.24. The molecule has 0 bridgehead atoms. The number of nitriles is 1. The third-order valence-electron chi connectivity index (χ3n) is 3.04. The minimum atomic E-state index is -0.483. The summed E-state index contributed by atoms with van der Waals surface area (Å²) in [5, 5.41) is 13.4. The van der Waals surface area contributed by atoms with Gasteiger partial charge in [0.25, 0.3) is 0 Å². The smallest absolute Gasteiger partial charge is 0.181 e. The van der Waals surface area contributed by atoms with Gasteiger partial charge in [0.2, 0.25) is 0 Å². The summed E-state index contributed by atoms with van der Waals surface area (Å²) in [6.45, 7) is 4.89. The minimum Gasteiger partial charge on any atom is -0.341 e. The Balaban J connectivity index is 1.95. The number of nitrogens with zero attached hydrogens (tertiary/aromatic N) is 4. The number of thioether (sulfide) groups is 1. The van der Waals surface area contributed by atoms with Crippen molar-refractivity contribution in [1.29, 1.82) is 5.26 Å². The van der Waals surface area contributed by atoms with Gasteiger partial charge in [-0.25, -0.2) is 15.0 Å². The molecule has 0 saturated carbocycles. The molecule has 0 aromatic carbocycles. The van der Waals surface area contributed by atoms with Crippen LogP contribution in [0.15, 0.2) is 17.7 Å². The topological polar surface area (TPSA) is 90.3 Å². The predicted molar refractivity (Wildman–Crippen MR) is 79.3 cm³/mol. The van der Waals surface area contributed by atoms with Gasteiger partial charge in [-0.1, -0.05) is 6.92 Å². The fourth-order valence-electron chi connectivity index (χ4n) is 1.79. The second-order valence-corrected chi connectivity index (χ2v) is 5.83. The molecular formula is C13H18N6S. The Bertz CT molecular complexity index is 604. The summed E-state index contributed by atoms with van der Waals surface area (Å²) in [5.74, 6) is 0.811. The van der Waals surface area contributed by atoms with Crippen molar-refractivity contribution in [2.45, 2.75) is 37.3 Å². The molecule has 0 aliphatic rings. The number of aromatic amines is 1. The number of hydrogen-bond acceptors (Lipinski definition) is 6. The van der Waals surface area contributed by atoms with Crippen LogP contribution in [0.4, 0.5) is 0 Å². The Kier molecular flexibility index (Phi) is 4.93. The lowest BCUT2D eigenvalue weighted by atomic mass is 10.0. The molecule has 0 saturated heterocycles. The van der Waals surface area contributed by atoms with Crippen LogP contribution in [0.3, 0.4) is 0 Å². The first-order chi connectivity index (χ1) is 9.68. The van der Waals surface area contributed by atoms with Crippen LogP contribution in [0, 0.1) is 11.3 Å². The first-order valence-corrected chi connectivity index (χ1v) is 7.60. The van der Waals surface area contributed by atoms with E-state index >= 15 is 0 Å². The maximum absolute atomic E-state index is 9.28. The molecular weight excluding hydrogens is 272 g/mol. The van der Waals surface area contributed by atoms with Gasteiger partial charge in [-0.3, -0.25) is 5.32 Å². The van der Waals surface area contributed by atoms with Gasteiger partial charge in [0.05, 0.1) is 12.4 Å². The molecule has 20 heavy (non-hydrogen) atoms. The molecule has 0 aliphatic heterocycles. The van der Waals surface area contributed by atoms with Crippen molar-refractivity contribution in [2.75, 3.05) is 12.3 Å². The minimum absolute atomic E-state index is 0.483. The first kappa shape index (κ1) is 14.8. The van der Waals surface area contributed by atoms with Crippen LogP contribution in [0.2, 0.25) is 0 Å². The van der Waals surface area contributed by atoms with Crippen LogP contribution >= 0.6 is 11.8 Å². The summed E-state index contributed by atoms with van der Waals surface area (Å²) < 4.78 is 0. The average Bonchev–Trinajstić information content (AvgIpc) is 2.94. The quantitative estimate of drug-likeness (QED) is 0.599. The molecule has 0 amide bonds. The molecule has 2 heterocycles. The fourth-order valence-corrected chi connectivity index (χ4v) is 2.91. The van der Waals surface area contributed by atoms with E-state index in [1.54, 1.807) is 18.1 Å². The number of imidazole rings is 1. The largest absolute Gasteiger partial charge is 0.341 e. The molecule has 2 aromatic rings. The van der Waals surface area contributed by atoms with Crippen LogP contribution in [0.1, 0.15) is 26.7 Å². The van der Waals surface area contributed by atoms with E-state index in [1.165, 1.54) is 6.33 Å². The second kappa shape index (κ2) is 6.68. The van der Waals surface area contributed by atoms with Crippen LogP contribution in [0.5, 0.6) is 0 Å². The van der Waals surface area contributed by atoms with E-state index in [9.17, 15) is 5.26 Å². The summed E-state index contributed by atoms with van der Waals surface area (Å²) in [5.41, 5.74) is 1.05. The molecule has 7 heteroatoms. The standard InChI is InChI=1S/C13H18N6S/c1-3-5-19-13(2,7-14)4-6-20-12-10-11(16-8-15-10)17-9-18-12/h8-9,19H,3-6H2,1-2H3,(H,15,16,17,18). The van der Waals surface area contributed by atoms with Crippen molar-refractivity contribution in [3.8, 4) is 6.07 Å². The van der Waals surface area contributed by atoms with Crippen LogP contribution in [0.25, 0.3) is 11.2 Å². The van der Waals surface area contributed by atoms with Gasteiger partial charge in [0, 0.05) is 5.75 Å². The Morgan fingerprint density at radius 1 is 1.45 bits per heavy atom. The SMILES string of the molecule is CCCNC(C)(C#N)CCSc1ncnc2nc[nH]c12. The van der Waals surface area contributed by atoms with Crippen molar-refractivity contribution in [3.05, 3.63) is 12.7 Å². The van der Waals surface area contributed by atoms with E-state index in [0.29, 0.717) is 5.65 Å². The highest BCUT2D eigenvalue weighted by atomic mass is 32.2. The molecule has 2 rings (SSSR count). The van der Waals surface area contributed by atoms with E-state index in [-0.39, 0.29) is 0 Å². The summed E-state index contributed by atoms with van der Waals surface area (Å²) in [7, 11) is 0. The summed E-state index contributed by atoms with van der Waals surface area (Å²) in [4.78, 5) is 15.5. The summed E-state index contributed by atoms with van der Waals surface area (Å²) >= 11 is 1.62. The van der Waals surface area contributed by atoms with E-state index in [2.05, 4.69) is 38.2 Å². The predicted octanol–water partition coefficient (Wildman–Crippen LogP) is 2.12. The Morgan fingerprint density at radius 3 is 3.05 bits per heavy atom. The van der Waals surface area contributed by atoms with E-state index in [0.717, 1.165) is 35.7 Å². The Labute approximate surface area is 122 Å². The number of hydrogen-bond donors (Lipinski definition) is 2. The van der Waals surface area contributed by atoms with Crippen LogP contribution in [-0.2, 0) is 0 Å². The second-order valence-electron chi connectivity index (χ2n) is 4.75. The van der Waals surface area contributed by atoms with Gasteiger partial charge in [0.1, 0.15) is 22.4 Å². The third kappa shape index (κ3) is 3.46. The van der Waals surface area contributed by atoms with Crippen LogP contribution < -0.4 is 5.32 Å². The van der Waals surface area contributed by atoms with Crippen LogP contribution in [-0.4, -0.2) is 37.8 Å². The highest BCUT2D eigenvalue weighted by Gasteiger charge is 2.22. The Hall–Kier alpha value is -1.65. The molecule has 1 unspecified atom stereocenters. The number of nitrogens with one attached hydrogen (secondary N) is 2. The molecule has 0 radical (unpaired) electrons. The van der Waals surface area contributed by atoms with Gasteiger partial charge >= 0.3 is 0 Å². The van der Waals surface area contributed by atoms with Crippen molar-refractivity contribution < 1.29 is 0 Å². The highest BCUT2D eigenvalue weighted by molar-refractivity contribution is 7.99. The van der Waals surface area contributed by atoms with Gasteiger partial charge in [-0.2, -0.15) is 5.26 Å².